The fourth-order valence-electron chi connectivity index (χ4n) is 5.60. The highest BCUT2D eigenvalue weighted by molar-refractivity contribution is 5.04. The Labute approximate surface area is 81.1 Å². The van der Waals surface area contributed by atoms with Crippen molar-refractivity contribution < 1.29 is 0 Å². The maximum Gasteiger partial charge on any atom is -0.0326 e. The van der Waals surface area contributed by atoms with Crippen LogP contribution in [0.5, 0.6) is 0 Å². The van der Waals surface area contributed by atoms with Crippen molar-refractivity contribution in [2.24, 2.45) is 35.5 Å². The third-order valence-corrected chi connectivity index (χ3v) is 5.89. The summed E-state index contributed by atoms with van der Waals surface area (Å²) in [5, 5.41) is 0. The SMILES string of the molecule is C1CC2CC1CC1C3CCC(C3)C21. The van der Waals surface area contributed by atoms with Crippen molar-refractivity contribution in [2.45, 2.75) is 44.9 Å². The molecule has 0 aromatic rings. The van der Waals surface area contributed by atoms with Crippen molar-refractivity contribution in [3.8, 4) is 0 Å². The van der Waals surface area contributed by atoms with E-state index in [-0.39, 0.29) is 0 Å². The molecule has 6 atom stereocenters. The van der Waals surface area contributed by atoms with Gasteiger partial charge in [0.05, 0.1) is 0 Å². The monoisotopic (exact) mass is 176 g/mol. The van der Waals surface area contributed by atoms with Crippen molar-refractivity contribution in [2.75, 3.05) is 0 Å². The summed E-state index contributed by atoms with van der Waals surface area (Å²) in [6.07, 6.45) is 11.3. The van der Waals surface area contributed by atoms with Crippen LogP contribution in [0.15, 0.2) is 0 Å². The van der Waals surface area contributed by atoms with Gasteiger partial charge in [0.25, 0.3) is 0 Å². The van der Waals surface area contributed by atoms with E-state index in [9.17, 15) is 0 Å². The molecule has 0 spiro atoms. The summed E-state index contributed by atoms with van der Waals surface area (Å²) in [6, 6.07) is 0. The van der Waals surface area contributed by atoms with Gasteiger partial charge in [0.15, 0.2) is 0 Å². The Morgan fingerprint density at radius 1 is 0.615 bits per heavy atom. The molecule has 0 aliphatic heterocycles. The zero-order valence-electron chi connectivity index (χ0n) is 8.41. The highest BCUT2D eigenvalue weighted by Crippen LogP contribution is 2.63. The van der Waals surface area contributed by atoms with Gasteiger partial charge in [-0.15, -0.1) is 0 Å². The smallest absolute Gasteiger partial charge is 0.0326 e. The van der Waals surface area contributed by atoms with Crippen LogP contribution in [0.25, 0.3) is 0 Å². The van der Waals surface area contributed by atoms with Gasteiger partial charge in [-0.25, -0.2) is 0 Å². The van der Waals surface area contributed by atoms with Crippen LogP contribution >= 0.6 is 0 Å². The van der Waals surface area contributed by atoms with Gasteiger partial charge in [0, 0.05) is 0 Å². The molecule has 4 fully saturated rings. The summed E-state index contributed by atoms with van der Waals surface area (Å²) in [4.78, 5) is 0. The van der Waals surface area contributed by atoms with Crippen LogP contribution in [0.1, 0.15) is 44.9 Å². The largest absolute Gasteiger partial charge is 0.0502 e. The van der Waals surface area contributed by atoms with E-state index in [1.807, 2.05) is 0 Å². The predicted octanol–water partition coefficient (Wildman–Crippen LogP) is 3.47. The standard InChI is InChI=1S/C13H20/c1-2-10-5-8(1)6-12-9-3-4-11(7-9)13(10)12/h8-13H,1-7H2. The Morgan fingerprint density at radius 2 is 1.38 bits per heavy atom. The normalized spacial score (nSPS) is 62.8. The number of fused-ring (bicyclic) bond motifs is 8. The van der Waals surface area contributed by atoms with Gasteiger partial charge in [-0.3, -0.25) is 0 Å². The first kappa shape index (κ1) is 7.31. The maximum absolute atomic E-state index is 1.64. The Hall–Kier alpha value is 0. The molecule has 4 rings (SSSR count). The Bertz CT molecular complexity index is 232. The third kappa shape index (κ3) is 0.831. The molecule has 0 saturated heterocycles. The van der Waals surface area contributed by atoms with Crippen LogP contribution < -0.4 is 0 Å². The Kier molecular flexibility index (Phi) is 1.31. The molecule has 0 aromatic carbocycles. The van der Waals surface area contributed by atoms with Crippen molar-refractivity contribution in [3.05, 3.63) is 0 Å². The molecular formula is C13H20. The van der Waals surface area contributed by atoms with Crippen LogP contribution in [0.2, 0.25) is 0 Å². The fraction of sp³-hybridized carbons (Fsp3) is 1.00. The minimum absolute atomic E-state index is 1.17. The summed E-state index contributed by atoms with van der Waals surface area (Å²) < 4.78 is 0. The summed E-state index contributed by atoms with van der Waals surface area (Å²) in [5.74, 6) is 7.18. The third-order valence-electron chi connectivity index (χ3n) is 5.89. The van der Waals surface area contributed by atoms with Crippen molar-refractivity contribution >= 4 is 0 Å². The highest BCUT2D eigenvalue weighted by atomic mass is 14.6. The number of hydrogen-bond acceptors (Lipinski definition) is 0. The lowest BCUT2D eigenvalue weighted by molar-refractivity contribution is 0.0966. The van der Waals surface area contributed by atoms with Gasteiger partial charge in [-0.2, -0.15) is 0 Å². The molecule has 0 heterocycles. The second-order valence-electron chi connectivity index (χ2n) is 6.25. The molecule has 0 N–H and O–H groups in total. The average Bonchev–Trinajstić information content (AvgIpc) is 2.81. The van der Waals surface area contributed by atoms with Crippen molar-refractivity contribution in [1.29, 1.82) is 0 Å². The second-order valence-corrected chi connectivity index (χ2v) is 6.25. The van der Waals surface area contributed by atoms with E-state index in [0.717, 1.165) is 0 Å². The van der Waals surface area contributed by atoms with Crippen molar-refractivity contribution in [3.63, 3.8) is 0 Å². The van der Waals surface area contributed by atoms with E-state index in [2.05, 4.69) is 0 Å². The van der Waals surface area contributed by atoms with Crippen LogP contribution in [-0.4, -0.2) is 0 Å². The molecule has 4 aliphatic rings. The first-order chi connectivity index (χ1) is 6.42. The average molecular weight is 176 g/mol. The van der Waals surface area contributed by atoms with Crippen LogP contribution in [0.4, 0.5) is 0 Å². The summed E-state index contributed by atoms with van der Waals surface area (Å²) in [5.41, 5.74) is 0. The molecule has 0 amide bonds. The van der Waals surface area contributed by atoms with E-state index < -0.39 is 0 Å². The molecule has 72 valence electrons. The number of rotatable bonds is 0. The molecule has 0 aromatic heterocycles. The molecule has 0 heteroatoms. The first-order valence-electron chi connectivity index (χ1n) is 6.42. The Balaban J connectivity index is 1.71. The van der Waals surface area contributed by atoms with Gasteiger partial charge in [-0.05, 0) is 74.0 Å². The molecular weight excluding hydrogens is 156 g/mol. The summed E-state index contributed by atoms with van der Waals surface area (Å²) in [7, 11) is 0. The molecule has 4 saturated carbocycles. The molecule has 0 radical (unpaired) electrons. The topological polar surface area (TPSA) is 0 Å². The van der Waals surface area contributed by atoms with Gasteiger partial charge in [-0.1, -0.05) is 6.42 Å². The van der Waals surface area contributed by atoms with Crippen molar-refractivity contribution in [1.82, 2.24) is 0 Å². The molecule has 13 heavy (non-hydrogen) atoms. The second kappa shape index (κ2) is 2.32. The molecule has 0 nitrogen and oxygen atoms in total. The highest BCUT2D eigenvalue weighted by Gasteiger charge is 2.54. The van der Waals surface area contributed by atoms with Gasteiger partial charge >= 0.3 is 0 Å². The fourth-order valence-corrected chi connectivity index (χ4v) is 5.60. The van der Waals surface area contributed by atoms with Gasteiger partial charge < -0.3 is 0 Å². The molecule has 4 aliphatic carbocycles. The lowest BCUT2D eigenvalue weighted by Crippen LogP contribution is -2.32. The van der Waals surface area contributed by atoms with Crippen LogP contribution in [0, 0.1) is 35.5 Å². The zero-order valence-corrected chi connectivity index (χ0v) is 8.41. The molecule has 4 bridgehead atoms. The minimum atomic E-state index is 1.17. The number of hydrogen-bond donors (Lipinski definition) is 0. The van der Waals surface area contributed by atoms with E-state index in [1.165, 1.54) is 35.5 Å². The maximum atomic E-state index is 1.64. The summed E-state index contributed by atoms with van der Waals surface area (Å²) in [6.45, 7) is 0. The van der Waals surface area contributed by atoms with E-state index in [1.54, 1.807) is 44.9 Å². The van der Waals surface area contributed by atoms with E-state index in [0.29, 0.717) is 0 Å². The first-order valence-corrected chi connectivity index (χ1v) is 6.42. The van der Waals surface area contributed by atoms with Crippen LogP contribution in [-0.2, 0) is 0 Å². The zero-order chi connectivity index (χ0) is 8.41. The quantitative estimate of drug-likeness (QED) is 0.530. The Morgan fingerprint density at radius 3 is 2.38 bits per heavy atom. The lowest BCUT2D eigenvalue weighted by Gasteiger charge is -2.39. The molecule has 6 unspecified atom stereocenters. The lowest BCUT2D eigenvalue weighted by atomic mass is 9.66. The summed E-state index contributed by atoms with van der Waals surface area (Å²) >= 11 is 0. The van der Waals surface area contributed by atoms with E-state index in [4.69, 9.17) is 0 Å². The minimum Gasteiger partial charge on any atom is -0.0502 e. The van der Waals surface area contributed by atoms with Crippen LogP contribution in [0.3, 0.4) is 0 Å². The predicted molar refractivity (Wildman–Crippen MR) is 53.3 cm³/mol. The van der Waals surface area contributed by atoms with Gasteiger partial charge in [0.1, 0.15) is 0 Å². The van der Waals surface area contributed by atoms with Gasteiger partial charge in [0.2, 0.25) is 0 Å². The van der Waals surface area contributed by atoms with E-state index >= 15 is 0 Å².